The van der Waals surface area contributed by atoms with Crippen LogP contribution < -0.4 is 0 Å². The van der Waals surface area contributed by atoms with Gasteiger partial charge in [0.25, 0.3) is 0 Å². The van der Waals surface area contributed by atoms with E-state index in [1.807, 2.05) is 0 Å². The lowest BCUT2D eigenvalue weighted by atomic mass is 10.2. The summed E-state index contributed by atoms with van der Waals surface area (Å²) < 4.78 is 4.97. The van der Waals surface area contributed by atoms with Crippen LogP contribution in [0.25, 0.3) is 0 Å². The van der Waals surface area contributed by atoms with Crippen LogP contribution in [0.15, 0.2) is 12.7 Å². The average Bonchev–Trinajstić information content (AvgIpc) is 1.91. The van der Waals surface area contributed by atoms with Crippen molar-refractivity contribution in [2.24, 2.45) is 0 Å². The normalized spacial score (nSPS) is 13.1. The van der Waals surface area contributed by atoms with E-state index < -0.39 is 0 Å². The van der Waals surface area contributed by atoms with Crippen LogP contribution in [0.4, 0.5) is 0 Å². The third-order valence-electron chi connectivity index (χ3n) is 1.21. The monoisotopic (exact) mass is 130 g/mol. The summed E-state index contributed by atoms with van der Waals surface area (Å²) in [5.41, 5.74) is 0. The molecule has 0 saturated carbocycles. The van der Waals surface area contributed by atoms with Crippen LogP contribution in [0.1, 0.15) is 12.8 Å². The van der Waals surface area contributed by atoms with Gasteiger partial charge in [0.1, 0.15) is 0 Å². The van der Waals surface area contributed by atoms with Crippen LogP contribution in [-0.4, -0.2) is 24.9 Å². The predicted octanol–water partition coefficient (Wildman–Crippen LogP) is 0.960. The Labute approximate surface area is 56.1 Å². The molecule has 2 heteroatoms. The molecule has 0 saturated heterocycles. The highest BCUT2D eigenvalue weighted by atomic mass is 16.5. The van der Waals surface area contributed by atoms with Gasteiger partial charge >= 0.3 is 0 Å². The second-order valence-corrected chi connectivity index (χ2v) is 1.88. The molecule has 1 N–H and O–H groups in total. The van der Waals surface area contributed by atoms with E-state index in [0.717, 1.165) is 12.8 Å². The van der Waals surface area contributed by atoms with Crippen molar-refractivity contribution in [1.82, 2.24) is 0 Å². The second-order valence-electron chi connectivity index (χ2n) is 1.88. The third-order valence-corrected chi connectivity index (χ3v) is 1.21. The molecule has 0 radical (unpaired) electrons. The van der Waals surface area contributed by atoms with Crippen molar-refractivity contribution in [1.29, 1.82) is 0 Å². The first-order valence-corrected chi connectivity index (χ1v) is 3.11. The number of methoxy groups -OCH3 is 1. The first kappa shape index (κ1) is 8.66. The van der Waals surface area contributed by atoms with Gasteiger partial charge in [-0.3, -0.25) is 0 Å². The fourth-order valence-corrected chi connectivity index (χ4v) is 0.624. The average molecular weight is 130 g/mol. The molecule has 54 valence electrons. The summed E-state index contributed by atoms with van der Waals surface area (Å²) in [5, 5.41) is 8.42. The van der Waals surface area contributed by atoms with Crippen molar-refractivity contribution in [2.45, 2.75) is 18.9 Å². The Morgan fingerprint density at radius 2 is 2.44 bits per heavy atom. The highest BCUT2D eigenvalue weighted by Gasteiger charge is 1.98. The number of aliphatic hydroxyl groups excluding tert-OH is 1. The van der Waals surface area contributed by atoms with Crippen LogP contribution in [-0.2, 0) is 4.74 Å². The van der Waals surface area contributed by atoms with Crippen LogP contribution in [0.2, 0.25) is 0 Å². The standard InChI is InChI=1S/C7H14O2/c1-3-7(9-2)5-4-6-8/h3,7-8H,1,4-6H2,2H3. The number of hydrogen-bond acceptors (Lipinski definition) is 2. The van der Waals surface area contributed by atoms with Crippen molar-refractivity contribution in [3.63, 3.8) is 0 Å². The Bertz CT molecular complexity index is 71.3. The maximum atomic E-state index is 8.42. The fourth-order valence-electron chi connectivity index (χ4n) is 0.624. The minimum Gasteiger partial charge on any atom is -0.396 e. The molecule has 9 heavy (non-hydrogen) atoms. The molecule has 0 aliphatic rings. The van der Waals surface area contributed by atoms with E-state index >= 15 is 0 Å². The Hall–Kier alpha value is -0.340. The van der Waals surface area contributed by atoms with Crippen molar-refractivity contribution >= 4 is 0 Å². The molecule has 0 heterocycles. The zero-order valence-corrected chi connectivity index (χ0v) is 5.84. The number of aliphatic hydroxyl groups is 1. The van der Waals surface area contributed by atoms with E-state index in [1.54, 1.807) is 13.2 Å². The van der Waals surface area contributed by atoms with Crippen LogP contribution in [0.3, 0.4) is 0 Å². The van der Waals surface area contributed by atoms with E-state index in [2.05, 4.69) is 6.58 Å². The maximum Gasteiger partial charge on any atom is 0.0750 e. The quantitative estimate of drug-likeness (QED) is 0.562. The molecule has 0 spiro atoms. The first-order chi connectivity index (χ1) is 4.35. The van der Waals surface area contributed by atoms with Gasteiger partial charge in [0.05, 0.1) is 6.10 Å². The Balaban J connectivity index is 3.20. The van der Waals surface area contributed by atoms with E-state index in [0.29, 0.717) is 0 Å². The van der Waals surface area contributed by atoms with Gasteiger partial charge in [-0.15, -0.1) is 6.58 Å². The third kappa shape index (κ3) is 4.18. The molecule has 0 aliphatic carbocycles. The SMILES string of the molecule is C=CC(CCCO)OC. The highest BCUT2D eigenvalue weighted by molar-refractivity contribution is 4.78. The molecule has 1 atom stereocenters. The molecule has 0 amide bonds. The second kappa shape index (κ2) is 5.79. The maximum absolute atomic E-state index is 8.42. The van der Waals surface area contributed by atoms with Crippen molar-refractivity contribution in [3.8, 4) is 0 Å². The largest absolute Gasteiger partial charge is 0.396 e. The van der Waals surface area contributed by atoms with Gasteiger partial charge in [0, 0.05) is 13.7 Å². The first-order valence-electron chi connectivity index (χ1n) is 3.11. The van der Waals surface area contributed by atoms with Crippen molar-refractivity contribution < 1.29 is 9.84 Å². The number of hydrogen-bond donors (Lipinski definition) is 1. The molecule has 0 aromatic heterocycles. The zero-order valence-electron chi connectivity index (χ0n) is 5.84. The lowest BCUT2D eigenvalue weighted by molar-refractivity contribution is 0.124. The van der Waals surface area contributed by atoms with E-state index in [1.165, 1.54) is 0 Å². The Morgan fingerprint density at radius 1 is 1.78 bits per heavy atom. The van der Waals surface area contributed by atoms with Gasteiger partial charge in [0.15, 0.2) is 0 Å². The molecule has 0 aromatic rings. The van der Waals surface area contributed by atoms with Gasteiger partial charge in [-0.05, 0) is 12.8 Å². The minimum absolute atomic E-state index is 0.108. The van der Waals surface area contributed by atoms with E-state index in [-0.39, 0.29) is 12.7 Å². The topological polar surface area (TPSA) is 29.5 Å². The zero-order chi connectivity index (χ0) is 7.11. The van der Waals surface area contributed by atoms with Gasteiger partial charge in [0.2, 0.25) is 0 Å². The summed E-state index contributed by atoms with van der Waals surface area (Å²) in [7, 11) is 1.64. The Morgan fingerprint density at radius 3 is 2.78 bits per heavy atom. The molecule has 0 rings (SSSR count). The summed E-state index contributed by atoms with van der Waals surface area (Å²) >= 11 is 0. The molecule has 2 nitrogen and oxygen atoms in total. The molecule has 0 bridgehead atoms. The van der Waals surface area contributed by atoms with E-state index in [4.69, 9.17) is 9.84 Å². The smallest absolute Gasteiger partial charge is 0.0750 e. The van der Waals surface area contributed by atoms with Crippen molar-refractivity contribution in [3.05, 3.63) is 12.7 Å². The highest BCUT2D eigenvalue weighted by Crippen LogP contribution is 2.00. The summed E-state index contributed by atoms with van der Waals surface area (Å²) in [5.74, 6) is 0. The summed E-state index contributed by atoms with van der Waals surface area (Å²) in [6.07, 6.45) is 3.49. The Kier molecular flexibility index (Phi) is 5.57. The summed E-state index contributed by atoms with van der Waals surface area (Å²) in [4.78, 5) is 0. The molecule has 0 aliphatic heterocycles. The van der Waals surface area contributed by atoms with Gasteiger partial charge in [-0.2, -0.15) is 0 Å². The molecular weight excluding hydrogens is 116 g/mol. The van der Waals surface area contributed by atoms with Crippen molar-refractivity contribution in [2.75, 3.05) is 13.7 Å². The molecule has 1 unspecified atom stereocenters. The lowest BCUT2D eigenvalue weighted by Crippen LogP contribution is -2.06. The minimum atomic E-state index is 0.108. The van der Waals surface area contributed by atoms with Crippen LogP contribution in [0, 0.1) is 0 Å². The summed E-state index contributed by atoms with van der Waals surface area (Å²) in [6.45, 7) is 3.81. The molecular formula is C7H14O2. The van der Waals surface area contributed by atoms with Gasteiger partial charge in [-0.25, -0.2) is 0 Å². The molecule has 0 fully saturated rings. The molecule has 0 aromatic carbocycles. The fraction of sp³-hybridized carbons (Fsp3) is 0.714. The van der Waals surface area contributed by atoms with Crippen LogP contribution in [0.5, 0.6) is 0 Å². The summed E-state index contributed by atoms with van der Waals surface area (Å²) in [6, 6.07) is 0. The van der Waals surface area contributed by atoms with Gasteiger partial charge < -0.3 is 9.84 Å². The van der Waals surface area contributed by atoms with Crippen LogP contribution >= 0.6 is 0 Å². The van der Waals surface area contributed by atoms with Gasteiger partial charge in [-0.1, -0.05) is 6.08 Å². The van der Waals surface area contributed by atoms with E-state index in [9.17, 15) is 0 Å². The number of ether oxygens (including phenoxy) is 1. The number of rotatable bonds is 5. The lowest BCUT2D eigenvalue weighted by Gasteiger charge is -2.07. The predicted molar refractivity (Wildman–Crippen MR) is 37.3 cm³/mol.